The first kappa shape index (κ1) is 15.0. The zero-order valence-electron chi connectivity index (χ0n) is 10.9. The van der Waals surface area contributed by atoms with Crippen LogP contribution < -0.4 is 5.32 Å². The molecule has 1 amide bonds. The van der Waals surface area contributed by atoms with Crippen molar-refractivity contribution in [1.82, 2.24) is 10.2 Å². The number of likely N-dealkylation sites (tertiary alicyclic amines) is 1. The van der Waals surface area contributed by atoms with Crippen molar-refractivity contribution in [2.75, 3.05) is 31.5 Å². The molecule has 1 atom stereocenters. The molecule has 100 valence electrons. The highest BCUT2D eigenvalue weighted by Gasteiger charge is 2.14. The van der Waals surface area contributed by atoms with Crippen molar-refractivity contribution < 1.29 is 4.79 Å². The van der Waals surface area contributed by atoms with E-state index < -0.39 is 0 Å². The van der Waals surface area contributed by atoms with Crippen LogP contribution in [0.25, 0.3) is 0 Å². The molecule has 1 aliphatic rings. The molecule has 1 aliphatic heterocycles. The number of alkyl halides is 1. The summed E-state index contributed by atoms with van der Waals surface area (Å²) in [5, 5.41) is 4.03. The third-order valence-corrected chi connectivity index (χ3v) is 3.76. The summed E-state index contributed by atoms with van der Waals surface area (Å²) >= 11 is 3.37. The summed E-state index contributed by atoms with van der Waals surface area (Å²) in [6.07, 6.45) is 5.41. The van der Waals surface area contributed by atoms with Gasteiger partial charge in [-0.15, -0.1) is 0 Å². The van der Waals surface area contributed by atoms with E-state index >= 15 is 0 Å². The number of hydrogen-bond acceptors (Lipinski definition) is 2. The van der Waals surface area contributed by atoms with Crippen LogP contribution in [0.1, 0.15) is 39.0 Å². The summed E-state index contributed by atoms with van der Waals surface area (Å²) < 4.78 is 0. The van der Waals surface area contributed by atoms with Crippen molar-refractivity contribution in [3.8, 4) is 0 Å². The molecule has 0 radical (unpaired) electrons. The summed E-state index contributed by atoms with van der Waals surface area (Å²) in [6.45, 7) is 6.65. The Morgan fingerprint density at radius 1 is 1.35 bits per heavy atom. The van der Waals surface area contributed by atoms with Crippen molar-refractivity contribution in [3.63, 3.8) is 0 Å². The van der Waals surface area contributed by atoms with Crippen molar-refractivity contribution in [1.29, 1.82) is 0 Å². The van der Waals surface area contributed by atoms with Crippen LogP contribution >= 0.6 is 15.9 Å². The Hall–Kier alpha value is -0.0900. The SMILES string of the molecule is CC(CNC(=O)CCCCBr)CN1CCCC1. The molecular formula is C13H25BrN2O. The van der Waals surface area contributed by atoms with Gasteiger partial charge in [0.05, 0.1) is 0 Å². The molecule has 1 rings (SSSR count). The Bertz CT molecular complexity index is 217. The lowest BCUT2D eigenvalue weighted by Gasteiger charge is -2.20. The molecule has 17 heavy (non-hydrogen) atoms. The fourth-order valence-electron chi connectivity index (χ4n) is 2.23. The van der Waals surface area contributed by atoms with Gasteiger partial charge in [-0.05, 0) is 44.7 Å². The molecule has 0 bridgehead atoms. The molecule has 1 unspecified atom stereocenters. The van der Waals surface area contributed by atoms with E-state index in [9.17, 15) is 4.79 Å². The molecule has 4 heteroatoms. The highest BCUT2D eigenvalue weighted by atomic mass is 79.9. The second kappa shape index (κ2) is 8.92. The Kier molecular flexibility index (Phi) is 7.86. The molecule has 0 aromatic rings. The van der Waals surface area contributed by atoms with Gasteiger partial charge in [-0.2, -0.15) is 0 Å². The molecule has 1 fully saturated rings. The van der Waals surface area contributed by atoms with Crippen molar-refractivity contribution in [3.05, 3.63) is 0 Å². The van der Waals surface area contributed by atoms with Gasteiger partial charge in [-0.25, -0.2) is 0 Å². The first-order chi connectivity index (χ1) is 8.22. The van der Waals surface area contributed by atoms with Crippen LogP contribution in [0.15, 0.2) is 0 Å². The quantitative estimate of drug-likeness (QED) is 0.552. The normalized spacial score (nSPS) is 18.2. The number of rotatable bonds is 8. The van der Waals surface area contributed by atoms with Gasteiger partial charge in [0.1, 0.15) is 0 Å². The van der Waals surface area contributed by atoms with Gasteiger partial charge in [-0.3, -0.25) is 4.79 Å². The Morgan fingerprint density at radius 2 is 2.06 bits per heavy atom. The van der Waals surface area contributed by atoms with E-state index in [1.807, 2.05) is 0 Å². The van der Waals surface area contributed by atoms with E-state index in [1.165, 1.54) is 25.9 Å². The predicted octanol–water partition coefficient (Wildman–Crippen LogP) is 2.40. The zero-order valence-corrected chi connectivity index (χ0v) is 12.5. The van der Waals surface area contributed by atoms with Crippen LogP contribution in [0.3, 0.4) is 0 Å². The maximum absolute atomic E-state index is 11.5. The molecular weight excluding hydrogens is 280 g/mol. The fourth-order valence-corrected chi connectivity index (χ4v) is 2.62. The number of hydrogen-bond donors (Lipinski definition) is 1. The predicted molar refractivity (Wildman–Crippen MR) is 75.5 cm³/mol. The monoisotopic (exact) mass is 304 g/mol. The Morgan fingerprint density at radius 3 is 2.71 bits per heavy atom. The summed E-state index contributed by atoms with van der Waals surface area (Å²) in [5.74, 6) is 0.771. The summed E-state index contributed by atoms with van der Waals surface area (Å²) in [7, 11) is 0. The summed E-state index contributed by atoms with van der Waals surface area (Å²) in [6, 6.07) is 0. The first-order valence-corrected chi connectivity index (χ1v) is 7.89. The van der Waals surface area contributed by atoms with Crippen LogP contribution in [0, 0.1) is 5.92 Å². The van der Waals surface area contributed by atoms with Crippen LogP contribution in [0.5, 0.6) is 0 Å². The number of halogens is 1. The topological polar surface area (TPSA) is 32.3 Å². The second-order valence-corrected chi connectivity index (χ2v) is 5.86. The summed E-state index contributed by atoms with van der Waals surface area (Å²) in [4.78, 5) is 14.0. The fraction of sp³-hybridized carbons (Fsp3) is 0.923. The van der Waals surface area contributed by atoms with E-state index in [0.717, 1.165) is 31.3 Å². The minimum atomic E-state index is 0.208. The average Bonchev–Trinajstić information content (AvgIpc) is 2.79. The first-order valence-electron chi connectivity index (χ1n) is 6.77. The van der Waals surface area contributed by atoms with Gasteiger partial charge in [0.2, 0.25) is 5.91 Å². The van der Waals surface area contributed by atoms with Crippen molar-refractivity contribution >= 4 is 21.8 Å². The minimum absolute atomic E-state index is 0.208. The Balaban J connectivity index is 2.01. The van der Waals surface area contributed by atoms with Gasteiger partial charge >= 0.3 is 0 Å². The van der Waals surface area contributed by atoms with Gasteiger partial charge < -0.3 is 10.2 Å². The number of unbranched alkanes of at least 4 members (excludes halogenated alkanes) is 1. The number of carbonyl (C=O) groups is 1. The third-order valence-electron chi connectivity index (χ3n) is 3.20. The van der Waals surface area contributed by atoms with E-state index in [0.29, 0.717) is 12.3 Å². The van der Waals surface area contributed by atoms with Gasteiger partial charge in [0.25, 0.3) is 0 Å². The number of nitrogens with one attached hydrogen (secondary N) is 1. The number of nitrogens with zero attached hydrogens (tertiary/aromatic N) is 1. The molecule has 3 nitrogen and oxygen atoms in total. The maximum atomic E-state index is 11.5. The lowest BCUT2D eigenvalue weighted by Crippen LogP contribution is -2.34. The van der Waals surface area contributed by atoms with Crippen molar-refractivity contribution in [2.45, 2.75) is 39.0 Å². The van der Waals surface area contributed by atoms with Crippen LogP contribution in [-0.2, 0) is 4.79 Å². The molecule has 0 aromatic carbocycles. The standard InChI is InChI=1S/C13H25BrN2O/c1-12(11-16-8-4-5-9-16)10-15-13(17)6-2-3-7-14/h12H,2-11H2,1H3,(H,15,17). The van der Waals surface area contributed by atoms with Crippen LogP contribution in [-0.4, -0.2) is 42.3 Å². The van der Waals surface area contributed by atoms with Crippen molar-refractivity contribution in [2.24, 2.45) is 5.92 Å². The van der Waals surface area contributed by atoms with E-state index in [2.05, 4.69) is 33.1 Å². The highest BCUT2D eigenvalue weighted by Crippen LogP contribution is 2.09. The Labute approximate surface area is 113 Å². The molecule has 1 heterocycles. The minimum Gasteiger partial charge on any atom is -0.356 e. The smallest absolute Gasteiger partial charge is 0.220 e. The van der Waals surface area contributed by atoms with Crippen LogP contribution in [0.4, 0.5) is 0 Å². The number of amides is 1. The average molecular weight is 305 g/mol. The second-order valence-electron chi connectivity index (χ2n) is 5.06. The van der Waals surface area contributed by atoms with E-state index in [4.69, 9.17) is 0 Å². The van der Waals surface area contributed by atoms with Gasteiger partial charge in [0, 0.05) is 24.8 Å². The maximum Gasteiger partial charge on any atom is 0.220 e. The highest BCUT2D eigenvalue weighted by molar-refractivity contribution is 9.09. The lowest BCUT2D eigenvalue weighted by atomic mass is 10.1. The zero-order chi connectivity index (χ0) is 12.5. The molecule has 1 N–H and O–H groups in total. The number of carbonyl (C=O) groups excluding carboxylic acids is 1. The molecule has 0 spiro atoms. The van der Waals surface area contributed by atoms with Gasteiger partial charge in [0.15, 0.2) is 0 Å². The summed E-state index contributed by atoms with van der Waals surface area (Å²) in [5.41, 5.74) is 0. The van der Waals surface area contributed by atoms with E-state index in [1.54, 1.807) is 0 Å². The molecule has 1 saturated heterocycles. The third kappa shape index (κ3) is 7.04. The molecule has 0 aliphatic carbocycles. The van der Waals surface area contributed by atoms with E-state index in [-0.39, 0.29) is 5.91 Å². The molecule has 0 saturated carbocycles. The van der Waals surface area contributed by atoms with Gasteiger partial charge in [-0.1, -0.05) is 22.9 Å². The molecule has 0 aromatic heterocycles. The largest absolute Gasteiger partial charge is 0.356 e. The lowest BCUT2D eigenvalue weighted by molar-refractivity contribution is -0.121. The van der Waals surface area contributed by atoms with Crippen LogP contribution in [0.2, 0.25) is 0 Å².